The van der Waals surface area contributed by atoms with Crippen LogP contribution in [0.25, 0.3) is 38.3 Å². The lowest BCUT2D eigenvalue weighted by molar-refractivity contribution is 1.18. The molecular weight excluding hydrogens is 416 g/mol. The number of amidine groups is 2. The molecule has 0 spiro atoms. The van der Waals surface area contributed by atoms with Gasteiger partial charge in [-0.2, -0.15) is 0 Å². The lowest BCUT2D eigenvalue weighted by Crippen LogP contribution is -2.15. The van der Waals surface area contributed by atoms with Gasteiger partial charge in [0, 0.05) is 33.0 Å². The summed E-state index contributed by atoms with van der Waals surface area (Å²) in [6.45, 7) is 0. The zero-order chi connectivity index (χ0) is 23.1. The maximum atomic E-state index is 8.61. The Morgan fingerprint density at radius 3 is 2.21 bits per heavy atom. The molecule has 0 aliphatic carbocycles. The van der Waals surface area contributed by atoms with Crippen LogP contribution in [0.4, 0.5) is 0 Å². The lowest BCUT2D eigenvalue weighted by Gasteiger charge is -2.11. The Labute approximate surface area is 197 Å². The largest absolute Gasteiger partial charge is 0.383 e. The summed E-state index contributed by atoms with van der Waals surface area (Å²) in [4.78, 5) is 4.38. The highest BCUT2D eigenvalue weighted by molar-refractivity contribution is 6.18. The number of fused-ring (bicyclic) bond motifs is 5. The second-order valence-corrected chi connectivity index (χ2v) is 8.30. The number of nitrogens with two attached hydrogens (primary N) is 1. The summed E-state index contributed by atoms with van der Waals surface area (Å²) in [5.41, 5.74) is 11.0. The molecule has 4 heteroatoms. The fourth-order valence-corrected chi connectivity index (χ4v) is 4.65. The van der Waals surface area contributed by atoms with Crippen molar-refractivity contribution >= 4 is 44.2 Å². The van der Waals surface area contributed by atoms with Gasteiger partial charge in [0.1, 0.15) is 5.84 Å². The van der Waals surface area contributed by atoms with Crippen LogP contribution in [-0.2, 0) is 0 Å². The van der Waals surface area contributed by atoms with Gasteiger partial charge in [-0.3, -0.25) is 5.41 Å². The van der Waals surface area contributed by atoms with Gasteiger partial charge in [-0.25, -0.2) is 4.99 Å². The Morgan fingerprint density at radius 1 is 0.647 bits per heavy atom. The van der Waals surface area contributed by atoms with Crippen molar-refractivity contribution in [3.63, 3.8) is 0 Å². The predicted octanol–water partition coefficient (Wildman–Crippen LogP) is 6.67. The van der Waals surface area contributed by atoms with Crippen molar-refractivity contribution in [2.75, 3.05) is 0 Å². The van der Waals surface area contributed by atoms with Gasteiger partial charge in [-0.1, -0.05) is 97.1 Å². The summed E-state index contributed by atoms with van der Waals surface area (Å²) in [7, 11) is 0. The molecule has 0 amide bonds. The first kappa shape index (κ1) is 19.9. The molecule has 0 bridgehead atoms. The van der Waals surface area contributed by atoms with Crippen molar-refractivity contribution in [3.05, 3.63) is 126 Å². The van der Waals surface area contributed by atoms with E-state index in [9.17, 15) is 0 Å². The number of nitrogens with one attached hydrogen (secondary N) is 1. The fourth-order valence-electron chi connectivity index (χ4n) is 4.65. The summed E-state index contributed by atoms with van der Waals surface area (Å²) in [5, 5.41) is 13.4. The number of nitrogens with zero attached hydrogens (tertiary/aromatic N) is 2. The third-order valence-corrected chi connectivity index (χ3v) is 6.24. The molecule has 6 aromatic rings. The van der Waals surface area contributed by atoms with Gasteiger partial charge in [-0.15, -0.1) is 0 Å². The maximum Gasteiger partial charge on any atom is 0.154 e. The molecular formula is C30H22N4. The monoisotopic (exact) mass is 438 g/mol. The third-order valence-electron chi connectivity index (χ3n) is 6.24. The van der Waals surface area contributed by atoms with E-state index in [0.29, 0.717) is 11.4 Å². The fraction of sp³-hybridized carbons (Fsp3) is 0. The van der Waals surface area contributed by atoms with E-state index in [0.717, 1.165) is 22.3 Å². The standard InChI is InChI=1S/C30H22N4/c31-29(21-10-2-1-3-11-21)33-30(32)22-12-8-13-23(19-22)34-27-16-7-6-15-25(27)26-18-17-20-9-4-5-14-24(20)28(26)34/h1-19H,(H3,31,32,33). The molecule has 1 aromatic heterocycles. The molecule has 1 heterocycles. The number of rotatable bonds is 3. The van der Waals surface area contributed by atoms with Crippen molar-refractivity contribution in [1.29, 1.82) is 5.41 Å². The van der Waals surface area contributed by atoms with Crippen LogP contribution in [-0.4, -0.2) is 16.2 Å². The first-order valence-corrected chi connectivity index (χ1v) is 11.2. The molecule has 0 saturated carbocycles. The predicted molar refractivity (Wildman–Crippen MR) is 142 cm³/mol. The SMILES string of the molecule is N=C(/N=C(\N)c1ccccc1)c1cccc(-n2c3ccccc3c3ccc4ccccc4c32)c1. The Morgan fingerprint density at radius 2 is 1.35 bits per heavy atom. The first-order chi connectivity index (χ1) is 16.7. The summed E-state index contributed by atoms with van der Waals surface area (Å²) in [6.07, 6.45) is 0. The van der Waals surface area contributed by atoms with Crippen LogP contribution >= 0.6 is 0 Å². The molecule has 0 fully saturated rings. The van der Waals surface area contributed by atoms with Gasteiger partial charge in [0.05, 0.1) is 11.0 Å². The summed E-state index contributed by atoms with van der Waals surface area (Å²) in [6, 6.07) is 38.8. The van der Waals surface area contributed by atoms with Gasteiger partial charge in [-0.05, 0) is 23.6 Å². The average molecular weight is 439 g/mol. The highest BCUT2D eigenvalue weighted by Crippen LogP contribution is 2.36. The second-order valence-electron chi connectivity index (χ2n) is 8.30. The molecule has 0 radical (unpaired) electrons. The topological polar surface area (TPSA) is 67.2 Å². The summed E-state index contributed by atoms with van der Waals surface area (Å²) >= 11 is 0. The highest BCUT2D eigenvalue weighted by Gasteiger charge is 2.15. The van der Waals surface area contributed by atoms with E-state index in [4.69, 9.17) is 11.1 Å². The Balaban J connectivity index is 1.55. The summed E-state index contributed by atoms with van der Waals surface area (Å²) in [5.74, 6) is 0.465. The molecule has 162 valence electrons. The average Bonchev–Trinajstić information content (AvgIpc) is 3.24. The molecule has 6 rings (SSSR count). The van der Waals surface area contributed by atoms with E-state index in [1.54, 1.807) is 0 Å². The zero-order valence-corrected chi connectivity index (χ0v) is 18.4. The van der Waals surface area contributed by atoms with Crippen LogP contribution in [0.1, 0.15) is 11.1 Å². The molecule has 3 N–H and O–H groups in total. The van der Waals surface area contributed by atoms with E-state index in [-0.39, 0.29) is 5.84 Å². The number of aromatic nitrogens is 1. The number of benzene rings is 5. The molecule has 0 aliphatic heterocycles. The Bertz CT molecular complexity index is 1730. The van der Waals surface area contributed by atoms with Crippen LogP contribution in [0.15, 0.2) is 120 Å². The van der Waals surface area contributed by atoms with Gasteiger partial charge in [0.25, 0.3) is 0 Å². The smallest absolute Gasteiger partial charge is 0.154 e. The van der Waals surface area contributed by atoms with Crippen molar-refractivity contribution in [2.45, 2.75) is 0 Å². The van der Waals surface area contributed by atoms with Gasteiger partial charge in [0.2, 0.25) is 0 Å². The van der Waals surface area contributed by atoms with Gasteiger partial charge < -0.3 is 10.3 Å². The molecule has 0 aliphatic rings. The number of para-hydroxylation sites is 1. The van der Waals surface area contributed by atoms with Gasteiger partial charge >= 0.3 is 0 Å². The van der Waals surface area contributed by atoms with Gasteiger partial charge in [0.15, 0.2) is 5.84 Å². The van der Waals surface area contributed by atoms with Crippen LogP contribution in [0.2, 0.25) is 0 Å². The van der Waals surface area contributed by atoms with Crippen LogP contribution in [0.3, 0.4) is 0 Å². The minimum atomic E-state index is 0.133. The number of hydrogen-bond acceptors (Lipinski definition) is 1. The van der Waals surface area contributed by atoms with Crippen LogP contribution < -0.4 is 5.73 Å². The summed E-state index contributed by atoms with van der Waals surface area (Å²) < 4.78 is 2.29. The third kappa shape index (κ3) is 3.24. The van der Waals surface area contributed by atoms with Crippen molar-refractivity contribution < 1.29 is 0 Å². The Kier molecular flexibility index (Phi) is 4.70. The van der Waals surface area contributed by atoms with E-state index < -0.39 is 0 Å². The number of aliphatic imine (C=N–C) groups is 1. The van der Waals surface area contributed by atoms with E-state index in [1.165, 1.54) is 21.5 Å². The minimum absolute atomic E-state index is 0.133. The van der Waals surface area contributed by atoms with Crippen molar-refractivity contribution in [1.82, 2.24) is 4.57 Å². The maximum absolute atomic E-state index is 8.61. The van der Waals surface area contributed by atoms with E-state index >= 15 is 0 Å². The van der Waals surface area contributed by atoms with E-state index in [1.807, 2.05) is 48.5 Å². The molecule has 0 unspecified atom stereocenters. The quantitative estimate of drug-likeness (QED) is 0.235. The Hall–Kier alpha value is -4.70. The highest BCUT2D eigenvalue weighted by atomic mass is 15.0. The molecule has 34 heavy (non-hydrogen) atoms. The van der Waals surface area contributed by atoms with E-state index in [2.05, 4.69) is 76.3 Å². The van der Waals surface area contributed by atoms with Crippen LogP contribution in [0, 0.1) is 5.41 Å². The first-order valence-electron chi connectivity index (χ1n) is 11.2. The van der Waals surface area contributed by atoms with Crippen molar-refractivity contribution in [3.8, 4) is 5.69 Å². The van der Waals surface area contributed by atoms with Crippen LogP contribution in [0.5, 0.6) is 0 Å². The molecule has 5 aromatic carbocycles. The minimum Gasteiger partial charge on any atom is -0.383 e. The lowest BCUT2D eigenvalue weighted by atomic mass is 10.1. The molecule has 4 nitrogen and oxygen atoms in total. The zero-order valence-electron chi connectivity index (χ0n) is 18.4. The molecule has 0 atom stereocenters. The normalized spacial score (nSPS) is 11.9. The molecule has 0 saturated heterocycles. The van der Waals surface area contributed by atoms with Crippen molar-refractivity contribution in [2.24, 2.45) is 10.7 Å². The number of hydrogen-bond donors (Lipinski definition) is 2. The second kappa shape index (κ2) is 8.01.